The summed E-state index contributed by atoms with van der Waals surface area (Å²) in [5.74, 6) is 0.125. The van der Waals surface area contributed by atoms with Gasteiger partial charge in [-0.3, -0.25) is 4.79 Å². The summed E-state index contributed by atoms with van der Waals surface area (Å²) in [5.41, 5.74) is 0.834. The highest BCUT2D eigenvalue weighted by molar-refractivity contribution is 7.99. The Morgan fingerprint density at radius 2 is 1.80 bits per heavy atom. The quantitative estimate of drug-likeness (QED) is 0.605. The number of pyridine rings is 1. The topological polar surface area (TPSA) is 86.8 Å². The van der Waals surface area contributed by atoms with Crippen molar-refractivity contribution >= 4 is 29.3 Å². The average molecular weight is 422 g/mol. The Morgan fingerprint density at radius 3 is 2.63 bits per heavy atom. The highest BCUT2D eigenvalue weighted by atomic mass is 32.2. The fourth-order valence-corrected chi connectivity index (χ4v) is 3.65. The third-order valence-electron chi connectivity index (χ3n) is 4.11. The smallest absolute Gasteiger partial charge is 0.341 e. The van der Waals surface area contributed by atoms with Crippen LogP contribution in [0.15, 0.2) is 76.8 Å². The van der Waals surface area contributed by atoms with Gasteiger partial charge in [0.15, 0.2) is 18.1 Å². The number of carbonyl (C=O) groups excluding carboxylic acids is 2. The van der Waals surface area contributed by atoms with Gasteiger partial charge >= 0.3 is 5.97 Å². The molecular weight excluding hydrogens is 404 g/mol. The zero-order chi connectivity index (χ0) is 20.8. The highest BCUT2D eigenvalue weighted by Crippen LogP contribution is 2.32. The molecule has 0 saturated carbocycles. The molecule has 0 atom stereocenters. The molecule has 0 fully saturated rings. The van der Waals surface area contributed by atoms with Crippen LogP contribution < -0.4 is 14.8 Å². The molecule has 1 aliphatic heterocycles. The van der Waals surface area contributed by atoms with Crippen LogP contribution >= 0.6 is 11.8 Å². The Balaban J connectivity index is 1.36. The number of nitrogens with one attached hydrogen (secondary N) is 1. The Morgan fingerprint density at radius 1 is 1.00 bits per heavy atom. The fraction of sp³-hybridized carbons (Fsp3) is 0.136. The molecule has 2 aromatic carbocycles. The second-order valence-corrected chi connectivity index (χ2v) is 7.32. The molecule has 0 unspecified atom stereocenters. The summed E-state index contributed by atoms with van der Waals surface area (Å²) < 4.78 is 16.1. The molecule has 0 bridgehead atoms. The molecule has 3 aromatic rings. The van der Waals surface area contributed by atoms with E-state index in [1.807, 2.05) is 30.3 Å². The highest BCUT2D eigenvalue weighted by Gasteiger charge is 2.17. The molecule has 0 aliphatic carbocycles. The number of ether oxygens (including phenoxy) is 3. The molecule has 4 rings (SSSR count). The van der Waals surface area contributed by atoms with Crippen LogP contribution in [0.2, 0.25) is 0 Å². The zero-order valence-electron chi connectivity index (χ0n) is 15.9. The number of fused-ring (bicyclic) bond motifs is 1. The van der Waals surface area contributed by atoms with Crippen molar-refractivity contribution in [1.82, 2.24) is 4.98 Å². The van der Waals surface area contributed by atoms with Crippen LogP contribution in [0.3, 0.4) is 0 Å². The van der Waals surface area contributed by atoms with Gasteiger partial charge in [0.25, 0.3) is 5.91 Å². The third kappa shape index (κ3) is 4.90. The number of rotatable bonds is 6. The minimum atomic E-state index is -0.612. The molecule has 0 spiro atoms. The van der Waals surface area contributed by atoms with Gasteiger partial charge in [0, 0.05) is 22.8 Å². The van der Waals surface area contributed by atoms with Gasteiger partial charge in [-0.05, 0) is 36.4 Å². The normalized spacial score (nSPS) is 12.1. The van der Waals surface area contributed by atoms with E-state index in [1.54, 1.807) is 36.5 Å². The lowest BCUT2D eigenvalue weighted by Gasteiger charge is -2.19. The summed E-state index contributed by atoms with van der Waals surface area (Å²) in [7, 11) is 0. The maximum atomic E-state index is 12.5. The second-order valence-electron chi connectivity index (χ2n) is 6.25. The number of aromatic nitrogens is 1. The van der Waals surface area contributed by atoms with E-state index in [1.165, 1.54) is 11.8 Å². The number of esters is 1. The van der Waals surface area contributed by atoms with Gasteiger partial charge in [-0.1, -0.05) is 30.0 Å². The molecule has 2 heterocycles. The number of hydrogen-bond acceptors (Lipinski definition) is 7. The second kappa shape index (κ2) is 9.32. The van der Waals surface area contributed by atoms with Gasteiger partial charge in [0.05, 0.1) is 5.56 Å². The van der Waals surface area contributed by atoms with Crippen molar-refractivity contribution in [2.24, 2.45) is 0 Å². The van der Waals surface area contributed by atoms with E-state index < -0.39 is 18.5 Å². The molecule has 152 valence electrons. The zero-order valence-corrected chi connectivity index (χ0v) is 16.7. The Hall–Kier alpha value is -3.52. The lowest BCUT2D eigenvalue weighted by atomic mass is 10.2. The van der Waals surface area contributed by atoms with Crippen LogP contribution in [0, 0.1) is 0 Å². The van der Waals surface area contributed by atoms with Gasteiger partial charge in [0.2, 0.25) is 0 Å². The van der Waals surface area contributed by atoms with E-state index in [0.29, 0.717) is 41.0 Å². The largest absolute Gasteiger partial charge is 0.486 e. The van der Waals surface area contributed by atoms with Crippen molar-refractivity contribution in [3.8, 4) is 11.5 Å². The number of carbonyl (C=O) groups is 2. The van der Waals surface area contributed by atoms with E-state index in [-0.39, 0.29) is 0 Å². The maximum absolute atomic E-state index is 12.5. The first kappa shape index (κ1) is 19.8. The van der Waals surface area contributed by atoms with Gasteiger partial charge in [-0.15, -0.1) is 0 Å². The van der Waals surface area contributed by atoms with Crippen LogP contribution in [0.4, 0.5) is 5.69 Å². The first-order valence-electron chi connectivity index (χ1n) is 9.23. The SMILES string of the molecule is O=C(COC(=O)c1cccnc1Sc1ccccc1)Nc1ccc2c(c1)OCCO2. The molecule has 7 nitrogen and oxygen atoms in total. The number of amides is 1. The summed E-state index contributed by atoms with van der Waals surface area (Å²) in [6.07, 6.45) is 1.61. The maximum Gasteiger partial charge on any atom is 0.341 e. The molecule has 1 amide bonds. The van der Waals surface area contributed by atoms with E-state index in [9.17, 15) is 9.59 Å². The van der Waals surface area contributed by atoms with Crippen molar-refractivity contribution in [3.05, 3.63) is 72.4 Å². The fourth-order valence-electron chi connectivity index (χ4n) is 2.75. The Labute approximate surface area is 177 Å². The van der Waals surface area contributed by atoms with Crippen molar-refractivity contribution in [2.75, 3.05) is 25.1 Å². The van der Waals surface area contributed by atoms with Crippen molar-refractivity contribution in [3.63, 3.8) is 0 Å². The summed E-state index contributed by atoms with van der Waals surface area (Å²) >= 11 is 1.35. The van der Waals surface area contributed by atoms with Gasteiger partial charge in [-0.2, -0.15) is 0 Å². The molecule has 1 aliphatic rings. The van der Waals surface area contributed by atoms with E-state index in [2.05, 4.69) is 10.3 Å². The molecule has 1 aromatic heterocycles. The van der Waals surface area contributed by atoms with Crippen molar-refractivity contribution < 1.29 is 23.8 Å². The summed E-state index contributed by atoms with van der Waals surface area (Å²) in [4.78, 5) is 29.9. The van der Waals surface area contributed by atoms with Crippen LogP contribution in [0.25, 0.3) is 0 Å². The predicted octanol–water partition coefficient (Wildman–Crippen LogP) is 3.80. The molecule has 1 N–H and O–H groups in total. The molecular formula is C22H18N2O5S. The molecule has 0 saturated heterocycles. The minimum absolute atomic E-state index is 0.304. The van der Waals surface area contributed by atoms with E-state index in [0.717, 1.165) is 4.90 Å². The van der Waals surface area contributed by atoms with Crippen LogP contribution in [0.1, 0.15) is 10.4 Å². The number of anilines is 1. The molecule has 30 heavy (non-hydrogen) atoms. The number of hydrogen-bond donors (Lipinski definition) is 1. The monoisotopic (exact) mass is 422 g/mol. The van der Waals surface area contributed by atoms with Gasteiger partial charge in [-0.25, -0.2) is 9.78 Å². The molecule has 8 heteroatoms. The van der Waals surface area contributed by atoms with Gasteiger partial charge < -0.3 is 19.5 Å². The Bertz CT molecular complexity index is 1060. The lowest BCUT2D eigenvalue weighted by Crippen LogP contribution is -2.21. The van der Waals surface area contributed by atoms with E-state index >= 15 is 0 Å². The van der Waals surface area contributed by atoms with Crippen molar-refractivity contribution in [1.29, 1.82) is 0 Å². The standard InChI is InChI=1S/C22H18N2O5S/c25-20(24-15-8-9-18-19(13-15)28-12-11-27-18)14-29-22(26)17-7-4-10-23-21(17)30-16-5-2-1-3-6-16/h1-10,13H,11-12,14H2,(H,24,25). The lowest BCUT2D eigenvalue weighted by molar-refractivity contribution is -0.119. The third-order valence-corrected chi connectivity index (χ3v) is 5.14. The number of benzene rings is 2. The van der Waals surface area contributed by atoms with Crippen LogP contribution in [-0.4, -0.2) is 36.7 Å². The number of nitrogens with zero attached hydrogens (tertiary/aromatic N) is 1. The Kier molecular flexibility index (Phi) is 6.14. The average Bonchev–Trinajstić information content (AvgIpc) is 2.78. The first-order valence-corrected chi connectivity index (χ1v) is 10.1. The van der Waals surface area contributed by atoms with Crippen molar-refractivity contribution in [2.45, 2.75) is 9.92 Å². The summed E-state index contributed by atoms with van der Waals surface area (Å²) in [6.45, 7) is 0.529. The summed E-state index contributed by atoms with van der Waals surface area (Å²) in [6, 6.07) is 17.9. The molecule has 0 radical (unpaired) electrons. The van der Waals surface area contributed by atoms with Gasteiger partial charge in [0.1, 0.15) is 18.2 Å². The van der Waals surface area contributed by atoms with Crippen LogP contribution in [0.5, 0.6) is 11.5 Å². The predicted molar refractivity (Wildman–Crippen MR) is 111 cm³/mol. The summed E-state index contributed by atoms with van der Waals surface area (Å²) in [5, 5.41) is 3.20. The minimum Gasteiger partial charge on any atom is -0.486 e. The van der Waals surface area contributed by atoms with E-state index in [4.69, 9.17) is 14.2 Å². The first-order chi connectivity index (χ1) is 14.7. The van der Waals surface area contributed by atoms with Crippen LogP contribution in [-0.2, 0) is 9.53 Å².